The van der Waals surface area contributed by atoms with Gasteiger partial charge in [-0.25, -0.2) is 0 Å². The highest BCUT2D eigenvalue weighted by Crippen LogP contribution is 2.40. The molecule has 28 heavy (non-hydrogen) atoms. The standard InChI is InChI=1S/C21H31BrN4O.HI/c1-3-19(27)26-13-10-18(14-26)25-20(23-2)24-15-21(11-4-5-12-21)16-6-8-17(22)9-7-16;/h6-9,18H,3-5,10-15H2,1-2H3,(H2,23,24,25);1H. The van der Waals surface area contributed by atoms with Crippen LogP contribution in [0.2, 0.25) is 0 Å². The summed E-state index contributed by atoms with van der Waals surface area (Å²) in [4.78, 5) is 18.3. The molecule has 7 heteroatoms. The number of rotatable bonds is 5. The highest BCUT2D eigenvalue weighted by atomic mass is 127. The van der Waals surface area contributed by atoms with Gasteiger partial charge in [-0.3, -0.25) is 9.79 Å². The van der Waals surface area contributed by atoms with Crippen LogP contribution in [0.1, 0.15) is 51.0 Å². The lowest BCUT2D eigenvalue weighted by atomic mass is 9.79. The molecule has 3 rings (SSSR count). The molecule has 2 fully saturated rings. The summed E-state index contributed by atoms with van der Waals surface area (Å²) >= 11 is 3.54. The number of likely N-dealkylation sites (tertiary alicyclic amines) is 1. The number of carbonyl (C=O) groups excluding carboxylic acids is 1. The number of hydrogen-bond donors (Lipinski definition) is 2. The first-order valence-corrected chi connectivity index (χ1v) is 10.9. The first-order chi connectivity index (χ1) is 13.1. The second-order valence-electron chi connectivity index (χ2n) is 7.74. The van der Waals surface area contributed by atoms with Crippen molar-refractivity contribution in [3.05, 3.63) is 34.3 Å². The van der Waals surface area contributed by atoms with Crippen molar-refractivity contribution in [2.24, 2.45) is 4.99 Å². The molecule has 0 spiro atoms. The largest absolute Gasteiger partial charge is 0.356 e. The summed E-state index contributed by atoms with van der Waals surface area (Å²) in [6.07, 6.45) is 6.53. The van der Waals surface area contributed by atoms with Crippen molar-refractivity contribution in [2.75, 3.05) is 26.7 Å². The molecule has 1 aliphatic heterocycles. The molecule has 1 heterocycles. The van der Waals surface area contributed by atoms with Gasteiger partial charge in [-0.1, -0.05) is 47.8 Å². The quantitative estimate of drug-likeness (QED) is 0.323. The summed E-state index contributed by atoms with van der Waals surface area (Å²) < 4.78 is 1.12. The highest BCUT2D eigenvalue weighted by molar-refractivity contribution is 14.0. The Morgan fingerprint density at radius 1 is 1.29 bits per heavy atom. The minimum Gasteiger partial charge on any atom is -0.356 e. The van der Waals surface area contributed by atoms with Crippen LogP contribution >= 0.6 is 39.9 Å². The van der Waals surface area contributed by atoms with Crippen LogP contribution in [0.15, 0.2) is 33.7 Å². The SMILES string of the molecule is CCC(=O)N1CCC(NC(=NC)NCC2(c3ccc(Br)cc3)CCCC2)C1.I. The molecule has 1 aliphatic carbocycles. The summed E-state index contributed by atoms with van der Waals surface area (Å²) in [5.41, 5.74) is 1.59. The van der Waals surface area contributed by atoms with Crippen molar-refractivity contribution >= 4 is 51.8 Å². The third-order valence-electron chi connectivity index (χ3n) is 6.02. The second-order valence-corrected chi connectivity index (χ2v) is 8.66. The summed E-state index contributed by atoms with van der Waals surface area (Å²) in [6, 6.07) is 9.05. The molecule has 0 bridgehead atoms. The molecule has 1 aromatic rings. The van der Waals surface area contributed by atoms with E-state index in [1.807, 2.05) is 18.9 Å². The Balaban J connectivity index is 0.00000280. The molecule has 156 valence electrons. The zero-order chi connectivity index (χ0) is 19.3. The first-order valence-electron chi connectivity index (χ1n) is 10.1. The van der Waals surface area contributed by atoms with Gasteiger partial charge in [-0.15, -0.1) is 24.0 Å². The Morgan fingerprint density at radius 2 is 1.96 bits per heavy atom. The maximum Gasteiger partial charge on any atom is 0.222 e. The van der Waals surface area contributed by atoms with Crippen LogP contribution in [-0.4, -0.2) is 49.5 Å². The molecular formula is C21H32BrIN4O. The van der Waals surface area contributed by atoms with E-state index in [0.717, 1.165) is 36.5 Å². The number of hydrogen-bond acceptors (Lipinski definition) is 2. The van der Waals surface area contributed by atoms with E-state index < -0.39 is 0 Å². The van der Waals surface area contributed by atoms with Crippen molar-refractivity contribution in [1.82, 2.24) is 15.5 Å². The number of nitrogens with one attached hydrogen (secondary N) is 2. The molecule has 0 aromatic heterocycles. The van der Waals surface area contributed by atoms with Crippen molar-refractivity contribution < 1.29 is 4.79 Å². The van der Waals surface area contributed by atoms with Gasteiger partial charge in [0, 0.05) is 49.0 Å². The highest BCUT2D eigenvalue weighted by Gasteiger charge is 2.36. The van der Waals surface area contributed by atoms with E-state index in [4.69, 9.17) is 0 Å². The third kappa shape index (κ3) is 5.62. The molecule has 2 aliphatic rings. The maximum absolute atomic E-state index is 11.9. The van der Waals surface area contributed by atoms with E-state index in [-0.39, 0.29) is 41.3 Å². The van der Waals surface area contributed by atoms with Crippen LogP contribution in [0, 0.1) is 0 Å². The fourth-order valence-electron chi connectivity index (χ4n) is 4.39. The summed E-state index contributed by atoms with van der Waals surface area (Å²) in [7, 11) is 1.82. The van der Waals surface area contributed by atoms with Crippen LogP contribution in [0.4, 0.5) is 0 Å². The van der Waals surface area contributed by atoms with Crippen molar-refractivity contribution in [2.45, 2.75) is 56.9 Å². The molecule has 1 atom stereocenters. The Labute approximate surface area is 194 Å². The van der Waals surface area contributed by atoms with Crippen molar-refractivity contribution in [1.29, 1.82) is 0 Å². The lowest BCUT2D eigenvalue weighted by Crippen LogP contribution is -2.48. The van der Waals surface area contributed by atoms with Gasteiger partial charge in [0.15, 0.2) is 5.96 Å². The average molecular weight is 563 g/mol. The Morgan fingerprint density at radius 3 is 2.57 bits per heavy atom. The number of aliphatic imine (C=N–C) groups is 1. The minimum atomic E-state index is 0. The first kappa shape index (κ1) is 23.4. The number of halogens is 2. The topological polar surface area (TPSA) is 56.7 Å². The predicted molar refractivity (Wildman–Crippen MR) is 129 cm³/mol. The molecule has 1 aromatic carbocycles. The third-order valence-corrected chi connectivity index (χ3v) is 6.55. The monoisotopic (exact) mass is 562 g/mol. The molecule has 1 unspecified atom stereocenters. The van der Waals surface area contributed by atoms with E-state index in [0.29, 0.717) is 6.42 Å². The maximum atomic E-state index is 11.9. The van der Waals surface area contributed by atoms with E-state index in [1.54, 1.807) is 0 Å². The Kier molecular flexibility index (Phi) is 9.05. The van der Waals surface area contributed by atoms with Crippen LogP contribution < -0.4 is 10.6 Å². The zero-order valence-corrected chi connectivity index (χ0v) is 20.8. The predicted octanol–water partition coefficient (Wildman–Crippen LogP) is 4.05. The molecule has 2 N–H and O–H groups in total. The normalized spacial score (nSPS) is 21.3. The Bertz CT molecular complexity index is 673. The Hall–Kier alpha value is -0.830. The van der Waals surface area contributed by atoms with Gasteiger partial charge in [0.1, 0.15) is 0 Å². The van der Waals surface area contributed by atoms with Gasteiger partial charge in [0.25, 0.3) is 0 Å². The van der Waals surface area contributed by atoms with Gasteiger partial charge >= 0.3 is 0 Å². The van der Waals surface area contributed by atoms with Gasteiger partial charge in [-0.05, 0) is 37.0 Å². The van der Waals surface area contributed by atoms with Gasteiger partial charge < -0.3 is 15.5 Å². The van der Waals surface area contributed by atoms with Crippen LogP contribution in [0.25, 0.3) is 0 Å². The van der Waals surface area contributed by atoms with E-state index in [1.165, 1.54) is 31.2 Å². The van der Waals surface area contributed by atoms with E-state index >= 15 is 0 Å². The van der Waals surface area contributed by atoms with Crippen LogP contribution in [0.5, 0.6) is 0 Å². The molecule has 1 saturated carbocycles. The lowest BCUT2D eigenvalue weighted by molar-refractivity contribution is -0.129. The average Bonchev–Trinajstić information content (AvgIpc) is 3.35. The number of amides is 1. The van der Waals surface area contributed by atoms with Crippen LogP contribution in [0.3, 0.4) is 0 Å². The fraction of sp³-hybridized carbons (Fsp3) is 0.619. The fourth-order valence-corrected chi connectivity index (χ4v) is 4.66. The lowest BCUT2D eigenvalue weighted by Gasteiger charge is -2.31. The number of carbonyl (C=O) groups is 1. The number of benzene rings is 1. The second kappa shape index (κ2) is 10.8. The minimum absolute atomic E-state index is 0. The number of nitrogens with zero attached hydrogens (tertiary/aromatic N) is 2. The molecule has 0 radical (unpaired) electrons. The van der Waals surface area contributed by atoms with Crippen molar-refractivity contribution in [3.63, 3.8) is 0 Å². The van der Waals surface area contributed by atoms with E-state index in [9.17, 15) is 4.79 Å². The van der Waals surface area contributed by atoms with Gasteiger partial charge in [-0.2, -0.15) is 0 Å². The summed E-state index contributed by atoms with van der Waals surface area (Å²) in [5.74, 6) is 1.08. The molecule has 1 saturated heterocycles. The molecule has 1 amide bonds. The van der Waals surface area contributed by atoms with Crippen molar-refractivity contribution in [3.8, 4) is 0 Å². The molecule has 5 nitrogen and oxygen atoms in total. The van der Waals surface area contributed by atoms with Gasteiger partial charge in [0.05, 0.1) is 0 Å². The van der Waals surface area contributed by atoms with Gasteiger partial charge in [0.2, 0.25) is 5.91 Å². The number of guanidine groups is 1. The summed E-state index contributed by atoms with van der Waals surface area (Å²) in [6.45, 7) is 4.42. The van der Waals surface area contributed by atoms with Crippen LogP contribution in [-0.2, 0) is 10.2 Å². The zero-order valence-electron chi connectivity index (χ0n) is 16.8. The summed E-state index contributed by atoms with van der Waals surface area (Å²) in [5, 5.41) is 7.09. The van der Waals surface area contributed by atoms with E-state index in [2.05, 4.69) is 55.8 Å². The smallest absolute Gasteiger partial charge is 0.222 e. The molecular weight excluding hydrogens is 531 g/mol.